The van der Waals surface area contributed by atoms with E-state index >= 15 is 0 Å². The fourth-order valence-corrected chi connectivity index (χ4v) is 2.76. The minimum Gasteiger partial charge on any atom is -0.487 e. The van der Waals surface area contributed by atoms with Gasteiger partial charge in [0.15, 0.2) is 0 Å². The van der Waals surface area contributed by atoms with Crippen LogP contribution in [-0.4, -0.2) is 16.5 Å². The first kappa shape index (κ1) is 14.4. The number of benzene rings is 1. The third-order valence-corrected chi connectivity index (χ3v) is 3.72. The maximum absolute atomic E-state index is 12.4. The minimum atomic E-state index is -0.361. The third kappa shape index (κ3) is 2.88. The first-order valence-corrected chi connectivity index (χ1v) is 7.22. The normalized spacial score (nSPS) is 18.9. The first-order chi connectivity index (χ1) is 10.4. The smallest absolute Gasteiger partial charge is 0.252 e. The van der Waals surface area contributed by atoms with E-state index < -0.39 is 0 Å². The van der Waals surface area contributed by atoms with Crippen molar-refractivity contribution in [3.8, 4) is 5.75 Å². The summed E-state index contributed by atoms with van der Waals surface area (Å²) < 4.78 is 5.95. The number of aromatic amines is 1. The molecule has 1 aliphatic heterocycles. The number of hydrogen-bond acceptors (Lipinski definition) is 3. The molecule has 0 fully saturated rings. The Labute approximate surface area is 128 Å². The van der Waals surface area contributed by atoms with E-state index in [1.165, 1.54) is 12.3 Å². The molecule has 0 spiro atoms. The number of carbonyl (C=O) groups excluding carboxylic acids is 1. The van der Waals surface area contributed by atoms with Crippen molar-refractivity contribution < 1.29 is 9.53 Å². The fraction of sp³-hybridized carbons (Fsp3) is 0.294. The Kier molecular flexibility index (Phi) is 3.48. The highest BCUT2D eigenvalue weighted by Gasteiger charge is 2.34. The largest absolute Gasteiger partial charge is 0.487 e. The molecule has 1 aliphatic rings. The predicted octanol–water partition coefficient (Wildman–Crippen LogP) is 2.41. The number of pyridine rings is 1. The van der Waals surface area contributed by atoms with Gasteiger partial charge in [0.25, 0.3) is 5.91 Å². The van der Waals surface area contributed by atoms with E-state index in [0.29, 0.717) is 12.0 Å². The van der Waals surface area contributed by atoms with Crippen molar-refractivity contribution in [2.75, 3.05) is 0 Å². The lowest BCUT2D eigenvalue weighted by molar-refractivity contribution is 0.0619. The lowest BCUT2D eigenvalue weighted by Gasteiger charge is -2.37. The summed E-state index contributed by atoms with van der Waals surface area (Å²) in [6.07, 6.45) is 2.14. The van der Waals surface area contributed by atoms with Crippen LogP contribution < -0.4 is 15.6 Å². The molecule has 3 rings (SSSR count). The maximum atomic E-state index is 12.4. The third-order valence-electron chi connectivity index (χ3n) is 3.72. The number of H-pyrrole nitrogens is 1. The summed E-state index contributed by atoms with van der Waals surface area (Å²) in [7, 11) is 0. The molecule has 0 saturated carbocycles. The SMILES string of the molecule is CC1(C)CC(NC(=O)c2cc[nH]c(=O)c2)c2ccccc2O1. The van der Waals surface area contributed by atoms with Crippen LogP contribution in [0.2, 0.25) is 0 Å². The molecule has 0 aliphatic carbocycles. The van der Waals surface area contributed by atoms with E-state index in [-0.39, 0.29) is 23.1 Å². The van der Waals surface area contributed by atoms with Crippen LogP contribution in [0, 0.1) is 0 Å². The highest BCUT2D eigenvalue weighted by Crippen LogP contribution is 2.39. The molecule has 114 valence electrons. The number of amides is 1. The average Bonchev–Trinajstić information content (AvgIpc) is 2.46. The van der Waals surface area contributed by atoms with Gasteiger partial charge in [-0.25, -0.2) is 0 Å². The number of rotatable bonds is 2. The highest BCUT2D eigenvalue weighted by atomic mass is 16.5. The molecule has 5 nitrogen and oxygen atoms in total. The molecule has 1 aromatic carbocycles. The van der Waals surface area contributed by atoms with Gasteiger partial charge in [-0.3, -0.25) is 9.59 Å². The number of ether oxygens (including phenoxy) is 1. The molecule has 1 aromatic heterocycles. The van der Waals surface area contributed by atoms with Crippen molar-refractivity contribution in [1.29, 1.82) is 0 Å². The molecule has 5 heteroatoms. The summed E-state index contributed by atoms with van der Waals surface area (Å²) in [6.45, 7) is 3.99. The average molecular weight is 298 g/mol. The van der Waals surface area contributed by atoms with Gasteiger partial charge in [-0.15, -0.1) is 0 Å². The Hall–Kier alpha value is -2.56. The van der Waals surface area contributed by atoms with Gasteiger partial charge in [-0.05, 0) is 26.0 Å². The van der Waals surface area contributed by atoms with Gasteiger partial charge < -0.3 is 15.0 Å². The maximum Gasteiger partial charge on any atom is 0.252 e. The molecule has 2 heterocycles. The van der Waals surface area contributed by atoms with Crippen molar-refractivity contribution in [2.45, 2.75) is 31.9 Å². The van der Waals surface area contributed by atoms with Gasteiger partial charge in [0.1, 0.15) is 11.4 Å². The van der Waals surface area contributed by atoms with Gasteiger partial charge in [-0.2, -0.15) is 0 Å². The van der Waals surface area contributed by atoms with Crippen LogP contribution in [0.15, 0.2) is 47.4 Å². The summed E-state index contributed by atoms with van der Waals surface area (Å²) in [6, 6.07) is 10.4. The molecule has 0 radical (unpaired) electrons. The van der Waals surface area contributed by atoms with E-state index in [4.69, 9.17) is 4.74 Å². The second-order valence-electron chi connectivity index (χ2n) is 6.07. The molecule has 1 unspecified atom stereocenters. The minimum absolute atomic E-state index is 0.147. The first-order valence-electron chi connectivity index (χ1n) is 7.22. The standard InChI is InChI=1S/C17H18N2O3/c1-17(2)10-13(12-5-3-4-6-14(12)22-17)19-16(21)11-7-8-18-15(20)9-11/h3-9,13H,10H2,1-2H3,(H,18,20)(H,19,21). The molecule has 2 N–H and O–H groups in total. The molecular weight excluding hydrogens is 280 g/mol. The summed E-state index contributed by atoms with van der Waals surface area (Å²) in [5.74, 6) is 0.526. The second kappa shape index (κ2) is 5.33. The van der Waals surface area contributed by atoms with Gasteiger partial charge >= 0.3 is 0 Å². The van der Waals surface area contributed by atoms with E-state index in [0.717, 1.165) is 11.3 Å². The molecular formula is C17H18N2O3. The van der Waals surface area contributed by atoms with Gasteiger partial charge in [0, 0.05) is 29.8 Å². The van der Waals surface area contributed by atoms with Crippen LogP contribution in [0.4, 0.5) is 0 Å². The van der Waals surface area contributed by atoms with Gasteiger partial charge in [0.05, 0.1) is 6.04 Å². The Morgan fingerprint density at radius 1 is 1.32 bits per heavy atom. The summed E-state index contributed by atoms with van der Waals surface area (Å²) in [5, 5.41) is 3.00. The fourth-order valence-electron chi connectivity index (χ4n) is 2.76. The van der Waals surface area contributed by atoms with E-state index in [1.807, 2.05) is 38.1 Å². The Bertz CT molecular complexity index is 764. The van der Waals surface area contributed by atoms with Gasteiger partial charge in [-0.1, -0.05) is 18.2 Å². The van der Waals surface area contributed by atoms with E-state index in [9.17, 15) is 9.59 Å². The number of para-hydroxylation sites is 1. The number of aromatic nitrogens is 1. The molecule has 0 bridgehead atoms. The molecule has 1 amide bonds. The van der Waals surface area contributed by atoms with Crippen LogP contribution in [0.25, 0.3) is 0 Å². The van der Waals surface area contributed by atoms with Crippen LogP contribution in [0.1, 0.15) is 42.2 Å². The van der Waals surface area contributed by atoms with E-state index in [1.54, 1.807) is 6.07 Å². The number of fused-ring (bicyclic) bond motifs is 1. The molecule has 22 heavy (non-hydrogen) atoms. The zero-order valence-corrected chi connectivity index (χ0v) is 12.6. The monoisotopic (exact) mass is 298 g/mol. The Morgan fingerprint density at radius 2 is 2.09 bits per heavy atom. The van der Waals surface area contributed by atoms with Crippen LogP contribution >= 0.6 is 0 Å². The molecule has 1 atom stereocenters. The van der Waals surface area contributed by atoms with Crippen LogP contribution in [0.5, 0.6) is 5.75 Å². The van der Waals surface area contributed by atoms with Crippen molar-refractivity contribution in [3.05, 3.63) is 64.1 Å². The van der Waals surface area contributed by atoms with Crippen molar-refractivity contribution in [1.82, 2.24) is 10.3 Å². The lowest BCUT2D eigenvalue weighted by Crippen LogP contribution is -2.41. The zero-order valence-electron chi connectivity index (χ0n) is 12.6. The molecule has 2 aromatic rings. The van der Waals surface area contributed by atoms with E-state index in [2.05, 4.69) is 10.3 Å². The molecule has 0 saturated heterocycles. The highest BCUT2D eigenvalue weighted by molar-refractivity contribution is 5.94. The van der Waals surface area contributed by atoms with Crippen molar-refractivity contribution in [3.63, 3.8) is 0 Å². The predicted molar refractivity (Wildman–Crippen MR) is 83.0 cm³/mol. The second-order valence-corrected chi connectivity index (χ2v) is 6.07. The summed E-state index contributed by atoms with van der Waals surface area (Å²) >= 11 is 0. The van der Waals surface area contributed by atoms with Crippen molar-refractivity contribution in [2.24, 2.45) is 0 Å². The number of carbonyl (C=O) groups is 1. The van der Waals surface area contributed by atoms with Gasteiger partial charge in [0.2, 0.25) is 5.56 Å². The summed E-state index contributed by atoms with van der Waals surface area (Å²) in [5.41, 5.74) is 0.659. The van der Waals surface area contributed by atoms with Crippen molar-refractivity contribution >= 4 is 5.91 Å². The van der Waals surface area contributed by atoms with Crippen LogP contribution in [-0.2, 0) is 0 Å². The number of hydrogen-bond donors (Lipinski definition) is 2. The summed E-state index contributed by atoms with van der Waals surface area (Å²) in [4.78, 5) is 26.2. The number of nitrogens with one attached hydrogen (secondary N) is 2. The van der Waals surface area contributed by atoms with Crippen LogP contribution in [0.3, 0.4) is 0 Å². The Morgan fingerprint density at radius 3 is 2.86 bits per heavy atom. The Balaban J connectivity index is 1.88. The lowest BCUT2D eigenvalue weighted by atomic mass is 9.89. The topological polar surface area (TPSA) is 71.2 Å². The zero-order chi connectivity index (χ0) is 15.7. The quantitative estimate of drug-likeness (QED) is 0.894.